The van der Waals surface area contributed by atoms with Gasteiger partial charge in [0.05, 0.1) is 0 Å². The largest absolute Gasteiger partial charge is 0.457 e. The van der Waals surface area contributed by atoms with Crippen molar-refractivity contribution in [2.24, 2.45) is 0 Å². The Hall–Kier alpha value is -1.22. The third kappa shape index (κ3) is 2.08. The highest BCUT2D eigenvalue weighted by molar-refractivity contribution is 6.30. The van der Waals surface area contributed by atoms with Gasteiger partial charge < -0.3 is 10.1 Å². The molecule has 0 aliphatic carbocycles. The summed E-state index contributed by atoms with van der Waals surface area (Å²) in [6.45, 7) is 1.98. The smallest absolute Gasteiger partial charge is 0.131 e. The third-order valence-electron chi connectivity index (χ3n) is 4.12. The van der Waals surface area contributed by atoms with E-state index in [2.05, 4.69) is 23.5 Å². The number of halogens is 2. The van der Waals surface area contributed by atoms with Crippen molar-refractivity contribution in [3.63, 3.8) is 0 Å². The first-order chi connectivity index (χ1) is 9.33. The maximum atomic E-state index is 6.16. The van der Waals surface area contributed by atoms with E-state index in [9.17, 15) is 0 Å². The van der Waals surface area contributed by atoms with Crippen LogP contribution in [-0.2, 0) is 0 Å². The molecule has 4 rings (SSSR count). The van der Waals surface area contributed by atoms with Gasteiger partial charge in [0.1, 0.15) is 11.5 Å². The van der Waals surface area contributed by atoms with Crippen molar-refractivity contribution in [2.45, 2.75) is 11.8 Å². The molecule has 2 aliphatic rings. The van der Waals surface area contributed by atoms with Gasteiger partial charge in [-0.05, 0) is 29.8 Å². The molecular formula is C16H15Cl2NO. The number of benzene rings is 2. The first-order valence-corrected chi connectivity index (χ1v) is 6.97. The van der Waals surface area contributed by atoms with Crippen LogP contribution in [0, 0.1) is 0 Å². The van der Waals surface area contributed by atoms with Crippen molar-refractivity contribution < 1.29 is 4.74 Å². The fraction of sp³-hybridized carbons (Fsp3) is 0.250. The Morgan fingerprint density at radius 2 is 1.65 bits per heavy atom. The second kappa shape index (κ2) is 5.28. The summed E-state index contributed by atoms with van der Waals surface area (Å²) in [5.74, 6) is 2.82. The van der Waals surface area contributed by atoms with Crippen LogP contribution >= 0.6 is 24.0 Å². The van der Waals surface area contributed by atoms with E-state index in [4.69, 9.17) is 16.3 Å². The highest BCUT2D eigenvalue weighted by atomic mass is 35.5. The van der Waals surface area contributed by atoms with Gasteiger partial charge in [0.2, 0.25) is 0 Å². The fourth-order valence-corrected chi connectivity index (χ4v) is 3.41. The van der Waals surface area contributed by atoms with Gasteiger partial charge in [0, 0.05) is 35.5 Å². The monoisotopic (exact) mass is 313 g/mol. The van der Waals surface area contributed by atoms with Crippen LogP contribution in [0.3, 0.4) is 0 Å². The van der Waals surface area contributed by atoms with Crippen LogP contribution in [0.4, 0.5) is 0 Å². The zero-order chi connectivity index (χ0) is 12.8. The van der Waals surface area contributed by atoms with Crippen LogP contribution in [-0.4, -0.2) is 13.1 Å². The molecule has 0 aromatic heterocycles. The third-order valence-corrected chi connectivity index (χ3v) is 4.36. The summed E-state index contributed by atoms with van der Waals surface area (Å²) in [7, 11) is 0. The molecule has 2 heterocycles. The van der Waals surface area contributed by atoms with E-state index in [1.54, 1.807) is 0 Å². The van der Waals surface area contributed by atoms with Crippen LogP contribution in [0.1, 0.15) is 23.0 Å². The lowest BCUT2D eigenvalue weighted by atomic mass is 9.92. The van der Waals surface area contributed by atoms with E-state index in [0.29, 0.717) is 11.8 Å². The Kier molecular flexibility index (Phi) is 3.63. The average molecular weight is 314 g/mol. The molecule has 2 aromatic rings. The summed E-state index contributed by atoms with van der Waals surface area (Å²) >= 11 is 6.16. The van der Waals surface area contributed by atoms with Gasteiger partial charge in [0.25, 0.3) is 0 Å². The van der Waals surface area contributed by atoms with Crippen LogP contribution in [0.2, 0.25) is 5.02 Å². The minimum atomic E-state index is 0. The fourth-order valence-electron chi connectivity index (χ4n) is 3.23. The topological polar surface area (TPSA) is 21.3 Å². The number of fused-ring (bicyclic) bond motifs is 5. The molecular weight excluding hydrogens is 299 g/mol. The van der Waals surface area contributed by atoms with E-state index in [-0.39, 0.29) is 12.4 Å². The van der Waals surface area contributed by atoms with E-state index in [0.717, 1.165) is 29.6 Å². The van der Waals surface area contributed by atoms with Crippen LogP contribution < -0.4 is 10.1 Å². The molecule has 0 unspecified atom stereocenters. The molecule has 2 atom stereocenters. The second-order valence-electron chi connectivity index (χ2n) is 5.19. The Labute approximate surface area is 129 Å². The predicted molar refractivity (Wildman–Crippen MR) is 83.6 cm³/mol. The normalized spacial score (nSPS) is 22.6. The summed E-state index contributed by atoms with van der Waals surface area (Å²) in [5, 5.41) is 4.27. The highest BCUT2D eigenvalue weighted by Crippen LogP contribution is 2.48. The van der Waals surface area contributed by atoms with Gasteiger partial charge in [-0.25, -0.2) is 0 Å². The van der Waals surface area contributed by atoms with E-state index >= 15 is 0 Å². The first kappa shape index (κ1) is 13.7. The summed E-state index contributed by atoms with van der Waals surface area (Å²) in [5.41, 5.74) is 2.52. The standard InChI is InChI=1S/C16H14ClNO.ClH/c17-10-5-6-16-12(7-10)14-9-18-8-13(14)11-3-1-2-4-15(11)19-16;/h1-7,13-14,18H,8-9H2;1H/t13-,14-;/m1./s1/i5+1,6+1,7+1,10+1,12+1,16+1;. The molecule has 2 aromatic carbocycles. The summed E-state index contributed by atoms with van der Waals surface area (Å²) in [6.07, 6.45) is 0. The maximum Gasteiger partial charge on any atom is 0.131 e. The Balaban J connectivity index is 0.00000121. The van der Waals surface area contributed by atoms with Crippen LogP contribution in [0.25, 0.3) is 0 Å². The maximum absolute atomic E-state index is 6.16. The van der Waals surface area contributed by atoms with Crippen molar-refractivity contribution in [1.82, 2.24) is 5.32 Å². The van der Waals surface area contributed by atoms with E-state index < -0.39 is 0 Å². The summed E-state index contributed by atoms with van der Waals surface area (Å²) in [6, 6.07) is 14.3. The van der Waals surface area contributed by atoms with Gasteiger partial charge in [0.15, 0.2) is 0 Å². The predicted octanol–water partition coefficient (Wildman–Crippen LogP) is 4.34. The van der Waals surface area contributed by atoms with Crippen molar-refractivity contribution in [2.75, 3.05) is 13.1 Å². The Morgan fingerprint density at radius 1 is 0.950 bits per heavy atom. The van der Waals surface area contributed by atoms with Crippen molar-refractivity contribution in [3.8, 4) is 11.5 Å². The molecule has 0 amide bonds. The minimum absolute atomic E-state index is 0. The Morgan fingerprint density at radius 3 is 2.50 bits per heavy atom. The molecule has 20 heavy (non-hydrogen) atoms. The summed E-state index contributed by atoms with van der Waals surface area (Å²) in [4.78, 5) is 0. The van der Waals surface area contributed by atoms with E-state index in [1.165, 1.54) is 11.1 Å². The molecule has 0 bridgehead atoms. The number of hydrogen-bond acceptors (Lipinski definition) is 2. The van der Waals surface area contributed by atoms with Gasteiger partial charge >= 0.3 is 0 Å². The summed E-state index contributed by atoms with van der Waals surface area (Å²) < 4.78 is 6.11. The van der Waals surface area contributed by atoms with Gasteiger partial charge in [-0.1, -0.05) is 29.8 Å². The Bertz CT molecular complexity index is 644. The lowest BCUT2D eigenvalue weighted by Gasteiger charge is -2.17. The molecule has 104 valence electrons. The minimum Gasteiger partial charge on any atom is -0.457 e. The average Bonchev–Trinajstić information content (AvgIpc) is 2.86. The quantitative estimate of drug-likeness (QED) is 0.781. The first-order valence-electron chi connectivity index (χ1n) is 6.60. The molecule has 2 nitrogen and oxygen atoms in total. The lowest BCUT2D eigenvalue weighted by molar-refractivity contribution is 0.476. The molecule has 1 fully saturated rings. The van der Waals surface area contributed by atoms with E-state index in [1.807, 2.05) is 24.3 Å². The molecule has 2 aliphatic heterocycles. The molecule has 0 saturated carbocycles. The number of ether oxygens (including phenoxy) is 1. The zero-order valence-electron chi connectivity index (χ0n) is 10.8. The lowest BCUT2D eigenvalue weighted by Crippen LogP contribution is -2.08. The number of hydrogen-bond donors (Lipinski definition) is 1. The van der Waals surface area contributed by atoms with Gasteiger partial charge in [-0.2, -0.15) is 0 Å². The van der Waals surface area contributed by atoms with Gasteiger partial charge in [-0.15, -0.1) is 12.4 Å². The second-order valence-corrected chi connectivity index (χ2v) is 5.63. The number of para-hydroxylation sites is 1. The molecule has 0 spiro atoms. The zero-order valence-corrected chi connectivity index (χ0v) is 12.4. The number of nitrogens with one attached hydrogen (secondary N) is 1. The molecule has 0 radical (unpaired) electrons. The highest BCUT2D eigenvalue weighted by Gasteiger charge is 2.35. The van der Waals surface area contributed by atoms with Crippen LogP contribution in [0.15, 0.2) is 42.5 Å². The molecule has 4 heteroatoms. The van der Waals surface area contributed by atoms with Crippen molar-refractivity contribution in [1.29, 1.82) is 0 Å². The molecule has 1 N–H and O–H groups in total. The van der Waals surface area contributed by atoms with Crippen LogP contribution in [0.5, 0.6) is 11.5 Å². The molecule has 1 saturated heterocycles. The number of rotatable bonds is 0. The van der Waals surface area contributed by atoms with Crippen molar-refractivity contribution >= 4 is 24.0 Å². The SMILES string of the molecule is Cl.Cl[13c]1[13cH][13cH][13c]2[13c]([13cH]1)[C@H]1CNC[C@@H]1c1ccccc1O2. The van der Waals surface area contributed by atoms with Gasteiger partial charge in [-0.3, -0.25) is 0 Å². The van der Waals surface area contributed by atoms with Crippen molar-refractivity contribution in [3.05, 3.63) is 58.6 Å².